The largest absolute Gasteiger partial charge is 0.471 e. The summed E-state index contributed by atoms with van der Waals surface area (Å²) < 4.78 is 36.3. The highest BCUT2D eigenvalue weighted by molar-refractivity contribution is 5.81. The number of aryl methyl sites for hydroxylation is 1. The molecule has 0 radical (unpaired) electrons. The Morgan fingerprint density at radius 2 is 1.85 bits per heavy atom. The average molecular weight is 371 g/mol. The summed E-state index contributed by atoms with van der Waals surface area (Å²) in [6.07, 6.45) is 3.07. The molecule has 146 valence electrons. The Bertz CT molecular complexity index is 591. The number of carbonyl (C=O) groups is 1. The number of nitrogens with one attached hydrogen (secondary N) is 1. The highest BCUT2D eigenvalue weighted by atomic mass is 19.4. The quantitative estimate of drug-likeness (QED) is 0.589. The van der Waals surface area contributed by atoms with Gasteiger partial charge in [0.25, 0.3) is 0 Å². The van der Waals surface area contributed by atoms with E-state index in [1.807, 2.05) is 55.6 Å². The lowest BCUT2D eigenvalue weighted by molar-refractivity contribution is -0.173. The van der Waals surface area contributed by atoms with Crippen LogP contribution in [0.2, 0.25) is 0 Å². The molecule has 0 spiro atoms. The number of hydrogen-bond acceptors (Lipinski definition) is 2. The minimum atomic E-state index is -4.83. The van der Waals surface area contributed by atoms with E-state index in [0.717, 1.165) is 24.0 Å². The van der Waals surface area contributed by atoms with Crippen LogP contribution in [0.3, 0.4) is 0 Å². The molecule has 26 heavy (non-hydrogen) atoms. The molecule has 1 aromatic carbocycles. The van der Waals surface area contributed by atoms with Gasteiger partial charge in [-0.3, -0.25) is 4.79 Å². The first-order valence-electron chi connectivity index (χ1n) is 9.06. The predicted molar refractivity (Wildman–Crippen MR) is 97.6 cm³/mol. The van der Waals surface area contributed by atoms with Crippen LogP contribution in [-0.2, 0) is 11.2 Å². The van der Waals surface area contributed by atoms with Crippen molar-refractivity contribution >= 4 is 12.0 Å². The molecule has 0 bridgehead atoms. The van der Waals surface area contributed by atoms with Crippen molar-refractivity contribution in [1.82, 2.24) is 5.32 Å². The monoisotopic (exact) mass is 371 g/mol. The number of rotatable bonds is 10. The van der Waals surface area contributed by atoms with Crippen molar-refractivity contribution in [2.45, 2.75) is 64.1 Å². The smallest absolute Gasteiger partial charge is 0.386 e. The van der Waals surface area contributed by atoms with E-state index in [2.05, 4.69) is 0 Å². The molecule has 0 heterocycles. The van der Waals surface area contributed by atoms with E-state index in [-0.39, 0.29) is 6.54 Å². The predicted octanol–water partition coefficient (Wildman–Crippen LogP) is 4.64. The van der Waals surface area contributed by atoms with Gasteiger partial charge in [-0.05, 0) is 36.8 Å². The van der Waals surface area contributed by atoms with Gasteiger partial charge in [-0.15, -0.1) is 0 Å². The third-order valence-electron chi connectivity index (χ3n) is 4.09. The van der Waals surface area contributed by atoms with Crippen molar-refractivity contribution in [2.24, 2.45) is 0 Å². The van der Waals surface area contributed by atoms with Gasteiger partial charge in [0.05, 0.1) is 5.60 Å². The van der Waals surface area contributed by atoms with Gasteiger partial charge >= 0.3 is 12.1 Å². The van der Waals surface area contributed by atoms with Crippen molar-refractivity contribution in [2.75, 3.05) is 6.54 Å². The number of hydrogen-bond donors (Lipinski definition) is 2. The summed E-state index contributed by atoms with van der Waals surface area (Å²) >= 11 is 0. The standard InChI is InChI=1S/C20H28F3NO2/c1-3-11-19(26,12-4-2)13-10-17-8-5-7-16(15-17)9-6-14-24-18(25)20(21,22)23/h5,7-8,10,13,15,26H,3-4,6,9,11-12,14H2,1-2H3,(H,24,25). The van der Waals surface area contributed by atoms with Gasteiger partial charge in [0, 0.05) is 6.54 Å². The molecule has 0 aliphatic carbocycles. The van der Waals surface area contributed by atoms with E-state index in [1.165, 1.54) is 0 Å². The second kappa shape index (κ2) is 10.4. The van der Waals surface area contributed by atoms with Crippen LogP contribution in [0.1, 0.15) is 57.1 Å². The van der Waals surface area contributed by atoms with Gasteiger partial charge in [-0.2, -0.15) is 13.2 Å². The van der Waals surface area contributed by atoms with Gasteiger partial charge in [0.1, 0.15) is 0 Å². The van der Waals surface area contributed by atoms with E-state index >= 15 is 0 Å². The molecular formula is C20H28F3NO2. The summed E-state index contributed by atoms with van der Waals surface area (Å²) in [4.78, 5) is 10.7. The number of carbonyl (C=O) groups excluding carboxylic acids is 1. The summed E-state index contributed by atoms with van der Waals surface area (Å²) in [5.41, 5.74) is 1.11. The highest BCUT2D eigenvalue weighted by Gasteiger charge is 2.38. The zero-order valence-corrected chi connectivity index (χ0v) is 15.4. The maximum absolute atomic E-state index is 12.1. The van der Waals surface area contributed by atoms with E-state index in [4.69, 9.17) is 0 Å². The summed E-state index contributed by atoms with van der Waals surface area (Å²) in [6.45, 7) is 4.05. The number of aliphatic hydroxyl groups is 1. The molecule has 6 heteroatoms. The number of alkyl halides is 3. The van der Waals surface area contributed by atoms with Crippen LogP contribution in [0, 0.1) is 0 Å². The number of halogens is 3. The Balaban J connectivity index is 2.59. The molecule has 1 aromatic rings. The van der Waals surface area contributed by atoms with Gasteiger partial charge in [0.15, 0.2) is 0 Å². The molecule has 0 aromatic heterocycles. The van der Waals surface area contributed by atoms with Crippen molar-refractivity contribution in [3.8, 4) is 0 Å². The molecule has 0 aliphatic rings. The number of amides is 1. The van der Waals surface area contributed by atoms with E-state index < -0.39 is 17.7 Å². The third kappa shape index (κ3) is 8.04. The molecule has 0 aliphatic heterocycles. The Morgan fingerprint density at radius 3 is 2.42 bits per heavy atom. The van der Waals surface area contributed by atoms with Crippen molar-refractivity contribution in [3.63, 3.8) is 0 Å². The molecule has 1 amide bonds. The summed E-state index contributed by atoms with van der Waals surface area (Å²) in [6, 6.07) is 7.64. The Morgan fingerprint density at radius 1 is 1.19 bits per heavy atom. The molecule has 0 fully saturated rings. The van der Waals surface area contributed by atoms with Crippen LogP contribution in [0.25, 0.3) is 6.08 Å². The molecule has 0 unspecified atom stereocenters. The van der Waals surface area contributed by atoms with Crippen LogP contribution in [0.15, 0.2) is 30.3 Å². The molecule has 0 saturated carbocycles. The highest BCUT2D eigenvalue weighted by Crippen LogP contribution is 2.22. The van der Waals surface area contributed by atoms with E-state index in [0.29, 0.717) is 25.7 Å². The Labute approximate surface area is 153 Å². The topological polar surface area (TPSA) is 49.3 Å². The average Bonchev–Trinajstić information content (AvgIpc) is 2.57. The van der Waals surface area contributed by atoms with Gasteiger partial charge < -0.3 is 10.4 Å². The maximum Gasteiger partial charge on any atom is 0.471 e. The maximum atomic E-state index is 12.1. The van der Waals surface area contributed by atoms with E-state index in [1.54, 1.807) is 0 Å². The van der Waals surface area contributed by atoms with Gasteiger partial charge in [-0.1, -0.05) is 63.1 Å². The molecule has 3 nitrogen and oxygen atoms in total. The minimum Gasteiger partial charge on any atom is -0.386 e. The third-order valence-corrected chi connectivity index (χ3v) is 4.09. The van der Waals surface area contributed by atoms with Crippen LogP contribution in [0.5, 0.6) is 0 Å². The zero-order valence-electron chi connectivity index (χ0n) is 15.4. The molecular weight excluding hydrogens is 343 g/mol. The lowest BCUT2D eigenvalue weighted by Crippen LogP contribution is -2.37. The van der Waals surface area contributed by atoms with Crippen LogP contribution >= 0.6 is 0 Å². The van der Waals surface area contributed by atoms with Gasteiger partial charge in [0.2, 0.25) is 0 Å². The fraction of sp³-hybridized carbons (Fsp3) is 0.550. The molecule has 0 saturated heterocycles. The summed E-state index contributed by atoms with van der Waals surface area (Å²) in [7, 11) is 0. The SMILES string of the molecule is CCCC(O)(C=Cc1cccc(CCCNC(=O)C(F)(F)F)c1)CCC. The first kappa shape index (κ1) is 22.2. The van der Waals surface area contributed by atoms with Crippen molar-refractivity contribution in [1.29, 1.82) is 0 Å². The van der Waals surface area contributed by atoms with Crippen LogP contribution < -0.4 is 5.32 Å². The molecule has 2 N–H and O–H groups in total. The second-order valence-corrected chi connectivity index (χ2v) is 6.54. The van der Waals surface area contributed by atoms with Crippen LogP contribution in [0.4, 0.5) is 13.2 Å². The Hall–Kier alpha value is -1.82. The molecule has 0 atom stereocenters. The van der Waals surface area contributed by atoms with Crippen molar-refractivity contribution < 1.29 is 23.1 Å². The first-order valence-corrected chi connectivity index (χ1v) is 9.06. The summed E-state index contributed by atoms with van der Waals surface area (Å²) in [5, 5.41) is 12.5. The molecule has 1 rings (SSSR count). The lowest BCUT2D eigenvalue weighted by atomic mass is 9.91. The zero-order chi connectivity index (χ0) is 19.6. The van der Waals surface area contributed by atoms with Gasteiger partial charge in [-0.25, -0.2) is 0 Å². The lowest BCUT2D eigenvalue weighted by Gasteiger charge is -2.23. The Kier molecular flexibility index (Phi) is 8.85. The van der Waals surface area contributed by atoms with Crippen LogP contribution in [-0.4, -0.2) is 29.3 Å². The second-order valence-electron chi connectivity index (χ2n) is 6.54. The minimum absolute atomic E-state index is 0.0227. The van der Waals surface area contributed by atoms with E-state index in [9.17, 15) is 23.1 Å². The normalized spacial score (nSPS) is 12.5. The summed E-state index contributed by atoms with van der Waals surface area (Å²) in [5.74, 6) is -1.90. The number of benzene rings is 1. The fourth-order valence-electron chi connectivity index (χ4n) is 2.86. The first-order chi connectivity index (χ1) is 12.2. The fourth-order valence-corrected chi connectivity index (χ4v) is 2.86. The van der Waals surface area contributed by atoms with Crippen molar-refractivity contribution in [3.05, 3.63) is 41.5 Å².